The number of ether oxygens (including phenoxy) is 1. The van der Waals surface area contributed by atoms with Crippen LogP contribution in [0.25, 0.3) is 0 Å². The minimum Gasteiger partial charge on any atom is -0.479 e. The molecule has 2 N–H and O–H groups in total. The van der Waals surface area contributed by atoms with Gasteiger partial charge in [0.15, 0.2) is 6.04 Å². The van der Waals surface area contributed by atoms with Crippen LogP contribution >= 0.6 is 11.3 Å². The molecule has 114 valence electrons. The monoisotopic (exact) mass is 310 g/mol. The number of carbonyl (C=O) groups is 2. The van der Waals surface area contributed by atoms with E-state index in [1.165, 1.54) is 4.90 Å². The summed E-state index contributed by atoms with van der Waals surface area (Å²) in [4.78, 5) is 26.4. The molecule has 6 nitrogen and oxygen atoms in total. The summed E-state index contributed by atoms with van der Waals surface area (Å²) < 4.78 is 5.18. The molecule has 1 saturated carbocycles. The number of fused-ring (bicyclic) bond motifs is 1. The van der Waals surface area contributed by atoms with Crippen molar-refractivity contribution in [2.45, 2.75) is 37.5 Å². The third kappa shape index (κ3) is 2.63. The van der Waals surface area contributed by atoms with Crippen molar-refractivity contribution in [1.29, 1.82) is 0 Å². The first-order valence-electron chi connectivity index (χ1n) is 6.99. The Labute approximate surface area is 126 Å². The van der Waals surface area contributed by atoms with E-state index in [1.54, 1.807) is 18.4 Å². The standard InChI is InChI=1S/C14H18N2O4S/c1-20-9-6-8(7-9)15-14(19)16-4-2-11-10(3-5-21-11)12(16)13(17)18/h3,5,8-9,12H,2,4,6-7H2,1H3,(H,15,19)(H,17,18). The zero-order valence-corrected chi connectivity index (χ0v) is 12.6. The van der Waals surface area contributed by atoms with Crippen LogP contribution in [0.4, 0.5) is 4.79 Å². The fraction of sp³-hybridized carbons (Fsp3) is 0.571. The van der Waals surface area contributed by atoms with E-state index in [1.807, 2.05) is 11.4 Å². The molecule has 2 amide bonds. The first-order chi connectivity index (χ1) is 10.1. The van der Waals surface area contributed by atoms with E-state index in [-0.39, 0.29) is 18.2 Å². The second-order valence-electron chi connectivity index (χ2n) is 5.46. The summed E-state index contributed by atoms with van der Waals surface area (Å²) in [5.41, 5.74) is 0.747. The maximum absolute atomic E-state index is 12.4. The van der Waals surface area contributed by atoms with E-state index in [0.717, 1.165) is 29.7 Å². The molecule has 1 aromatic heterocycles. The number of carboxylic acids is 1. The van der Waals surface area contributed by atoms with Gasteiger partial charge in [-0.25, -0.2) is 9.59 Å². The molecule has 21 heavy (non-hydrogen) atoms. The van der Waals surface area contributed by atoms with Crippen LogP contribution in [0.15, 0.2) is 11.4 Å². The van der Waals surface area contributed by atoms with Gasteiger partial charge in [-0.1, -0.05) is 0 Å². The fourth-order valence-electron chi connectivity index (χ4n) is 2.93. The van der Waals surface area contributed by atoms with Crippen molar-refractivity contribution < 1.29 is 19.4 Å². The zero-order chi connectivity index (χ0) is 15.0. The van der Waals surface area contributed by atoms with Crippen molar-refractivity contribution in [3.63, 3.8) is 0 Å². The van der Waals surface area contributed by atoms with Crippen LogP contribution in [-0.2, 0) is 16.0 Å². The van der Waals surface area contributed by atoms with Gasteiger partial charge in [0.05, 0.1) is 6.10 Å². The molecule has 0 spiro atoms. The van der Waals surface area contributed by atoms with E-state index >= 15 is 0 Å². The van der Waals surface area contributed by atoms with Crippen LogP contribution in [0.2, 0.25) is 0 Å². The number of amides is 2. The lowest BCUT2D eigenvalue weighted by Crippen LogP contribution is -2.54. The molecule has 1 atom stereocenters. The summed E-state index contributed by atoms with van der Waals surface area (Å²) in [6.07, 6.45) is 2.50. The molecule has 7 heteroatoms. The molecular formula is C14H18N2O4S. The van der Waals surface area contributed by atoms with Gasteiger partial charge in [0.1, 0.15) is 0 Å². The number of methoxy groups -OCH3 is 1. The summed E-state index contributed by atoms with van der Waals surface area (Å²) in [5.74, 6) is -0.979. The largest absolute Gasteiger partial charge is 0.479 e. The number of thiophene rings is 1. The van der Waals surface area contributed by atoms with Crippen molar-refractivity contribution in [3.8, 4) is 0 Å². The number of hydrogen-bond acceptors (Lipinski definition) is 4. The van der Waals surface area contributed by atoms with Gasteiger partial charge in [-0.05, 0) is 36.3 Å². The lowest BCUT2D eigenvalue weighted by Gasteiger charge is -2.38. The number of aliphatic carboxylic acids is 1. The van der Waals surface area contributed by atoms with E-state index in [9.17, 15) is 14.7 Å². The highest BCUT2D eigenvalue weighted by Crippen LogP contribution is 2.34. The highest BCUT2D eigenvalue weighted by molar-refractivity contribution is 7.10. The molecule has 1 fully saturated rings. The van der Waals surface area contributed by atoms with E-state index in [2.05, 4.69) is 5.32 Å². The van der Waals surface area contributed by atoms with Crippen LogP contribution in [0.5, 0.6) is 0 Å². The minimum atomic E-state index is -0.979. The summed E-state index contributed by atoms with van der Waals surface area (Å²) in [5, 5.41) is 14.3. The summed E-state index contributed by atoms with van der Waals surface area (Å²) in [7, 11) is 1.66. The molecule has 0 saturated heterocycles. The highest BCUT2D eigenvalue weighted by atomic mass is 32.1. The van der Waals surface area contributed by atoms with E-state index in [4.69, 9.17) is 4.74 Å². The van der Waals surface area contributed by atoms with Crippen LogP contribution in [0.3, 0.4) is 0 Å². The Bertz CT molecular complexity index is 553. The molecule has 3 rings (SSSR count). The Balaban J connectivity index is 1.69. The summed E-state index contributed by atoms with van der Waals surface area (Å²) >= 11 is 1.55. The number of rotatable bonds is 3. The first kappa shape index (κ1) is 14.3. The number of urea groups is 1. The molecule has 2 aliphatic rings. The predicted molar refractivity (Wildman–Crippen MR) is 77.5 cm³/mol. The molecule has 1 unspecified atom stereocenters. The molecule has 2 heterocycles. The van der Waals surface area contributed by atoms with Crippen LogP contribution < -0.4 is 5.32 Å². The van der Waals surface area contributed by atoms with Gasteiger partial charge in [0.25, 0.3) is 0 Å². The minimum absolute atomic E-state index is 0.0840. The molecule has 0 aromatic carbocycles. The Morgan fingerprint density at radius 3 is 2.90 bits per heavy atom. The second-order valence-corrected chi connectivity index (χ2v) is 6.46. The number of nitrogens with zero attached hydrogens (tertiary/aromatic N) is 1. The van der Waals surface area contributed by atoms with Gasteiger partial charge < -0.3 is 20.1 Å². The number of hydrogen-bond donors (Lipinski definition) is 2. The fourth-order valence-corrected chi connectivity index (χ4v) is 3.84. The molecule has 0 radical (unpaired) electrons. The van der Waals surface area contributed by atoms with Gasteiger partial charge in [-0.2, -0.15) is 0 Å². The molecule has 1 aromatic rings. The lowest BCUT2D eigenvalue weighted by molar-refractivity contribution is -0.142. The molecule has 0 bridgehead atoms. The summed E-state index contributed by atoms with van der Waals surface area (Å²) in [6, 6.07) is 0.723. The first-order valence-corrected chi connectivity index (χ1v) is 7.87. The van der Waals surface area contributed by atoms with E-state index in [0.29, 0.717) is 6.54 Å². The smallest absolute Gasteiger partial charge is 0.331 e. The van der Waals surface area contributed by atoms with Gasteiger partial charge in [-0.15, -0.1) is 11.3 Å². The molecule has 1 aliphatic carbocycles. The lowest BCUT2D eigenvalue weighted by atomic mass is 9.89. The average Bonchev–Trinajstić information content (AvgIpc) is 2.88. The van der Waals surface area contributed by atoms with Crippen LogP contribution in [0, 0.1) is 0 Å². The van der Waals surface area contributed by atoms with Crippen molar-refractivity contribution in [2.75, 3.05) is 13.7 Å². The van der Waals surface area contributed by atoms with Crippen LogP contribution in [-0.4, -0.2) is 47.8 Å². The number of carboxylic acid groups (broad SMARTS) is 1. The molecular weight excluding hydrogens is 292 g/mol. The maximum atomic E-state index is 12.4. The maximum Gasteiger partial charge on any atom is 0.331 e. The van der Waals surface area contributed by atoms with Gasteiger partial charge in [0, 0.05) is 24.6 Å². The molecule has 1 aliphatic heterocycles. The highest BCUT2D eigenvalue weighted by Gasteiger charge is 2.38. The topological polar surface area (TPSA) is 78.9 Å². The van der Waals surface area contributed by atoms with Crippen molar-refractivity contribution >= 4 is 23.3 Å². The predicted octanol–water partition coefficient (Wildman–Crippen LogP) is 1.62. The normalized spacial score (nSPS) is 27.7. The SMILES string of the molecule is COC1CC(NC(=O)N2CCc3sccc3C2C(=O)O)C1. The Kier molecular flexibility index (Phi) is 3.86. The quantitative estimate of drug-likeness (QED) is 0.889. The van der Waals surface area contributed by atoms with Gasteiger partial charge >= 0.3 is 12.0 Å². The van der Waals surface area contributed by atoms with Crippen molar-refractivity contribution in [2.24, 2.45) is 0 Å². The summed E-state index contributed by atoms with van der Waals surface area (Å²) in [6.45, 7) is 0.441. The Hall–Kier alpha value is -1.60. The third-order valence-electron chi connectivity index (χ3n) is 4.22. The number of carbonyl (C=O) groups excluding carboxylic acids is 1. The van der Waals surface area contributed by atoms with Crippen LogP contribution in [0.1, 0.15) is 29.3 Å². The van der Waals surface area contributed by atoms with Gasteiger partial charge in [0.2, 0.25) is 0 Å². The average molecular weight is 310 g/mol. The second kappa shape index (κ2) is 5.65. The van der Waals surface area contributed by atoms with E-state index < -0.39 is 12.0 Å². The van der Waals surface area contributed by atoms with Gasteiger partial charge in [-0.3, -0.25) is 0 Å². The van der Waals surface area contributed by atoms with Crippen molar-refractivity contribution in [1.82, 2.24) is 10.2 Å². The number of nitrogens with one attached hydrogen (secondary N) is 1. The third-order valence-corrected chi connectivity index (χ3v) is 5.21. The Morgan fingerprint density at radius 1 is 1.48 bits per heavy atom. The zero-order valence-electron chi connectivity index (χ0n) is 11.7. The van der Waals surface area contributed by atoms with Crippen molar-refractivity contribution in [3.05, 3.63) is 21.9 Å². The Morgan fingerprint density at radius 2 is 2.24 bits per heavy atom.